The summed E-state index contributed by atoms with van der Waals surface area (Å²) in [4.78, 5) is 12.0. The summed E-state index contributed by atoms with van der Waals surface area (Å²) < 4.78 is 1.63. The Hall–Kier alpha value is -2.81. The molecule has 1 heterocycles. The van der Waals surface area contributed by atoms with Gasteiger partial charge in [0.1, 0.15) is 11.6 Å². The molecule has 1 aromatic heterocycles. The van der Waals surface area contributed by atoms with Gasteiger partial charge in [-0.3, -0.25) is 10.00 Å². The van der Waals surface area contributed by atoms with Crippen molar-refractivity contribution >= 4 is 17.5 Å². The van der Waals surface area contributed by atoms with Gasteiger partial charge in [0, 0.05) is 12.7 Å². The summed E-state index contributed by atoms with van der Waals surface area (Å²) in [7, 11) is 1.76. The number of benzene rings is 1. The molecule has 1 aromatic carbocycles. The lowest BCUT2D eigenvalue weighted by molar-refractivity contribution is 0.262. The zero-order valence-corrected chi connectivity index (χ0v) is 12.2. The number of amides is 2. The fraction of sp³-hybridized carbons (Fsp3) is 0.267. The molecule has 0 bridgehead atoms. The van der Waals surface area contributed by atoms with E-state index >= 15 is 0 Å². The Bertz CT molecular complexity index is 682. The molecule has 2 aromatic rings. The molecule has 21 heavy (non-hydrogen) atoms. The number of carbonyl (C=O) groups is 1. The van der Waals surface area contributed by atoms with E-state index in [0.717, 1.165) is 5.69 Å². The van der Waals surface area contributed by atoms with Crippen molar-refractivity contribution in [2.45, 2.75) is 19.8 Å². The molecule has 0 radical (unpaired) electrons. The Kier molecular flexibility index (Phi) is 4.24. The Morgan fingerprint density at radius 1 is 1.29 bits per heavy atom. The first-order valence-corrected chi connectivity index (χ1v) is 6.63. The maximum atomic E-state index is 12.0. The number of aromatic nitrogens is 2. The Morgan fingerprint density at radius 2 is 1.95 bits per heavy atom. The fourth-order valence-electron chi connectivity index (χ4n) is 2.19. The van der Waals surface area contributed by atoms with E-state index in [0.29, 0.717) is 11.3 Å². The van der Waals surface area contributed by atoms with Crippen LogP contribution in [-0.2, 0) is 7.05 Å². The second-order valence-corrected chi connectivity index (χ2v) is 4.94. The maximum Gasteiger partial charge on any atom is 0.324 e. The lowest BCUT2D eigenvalue weighted by atomic mass is 10.1. The molecule has 108 valence electrons. The Labute approximate surface area is 123 Å². The van der Waals surface area contributed by atoms with Gasteiger partial charge in [-0.1, -0.05) is 32.0 Å². The van der Waals surface area contributed by atoms with Crippen LogP contribution in [0.1, 0.15) is 31.0 Å². The van der Waals surface area contributed by atoms with Gasteiger partial charge in [0.2, 0.25) is 0 Å². The van der Waals surface area contributed by atoms with Gasteiger partial charge in [-0.15, -0.1) is 0 Å². The van der Waals surface area contributed by atoms with Crippen LogP contribution in [0.3, 0.4) is 0 Å². The molecule has 0 aliphatic heterocycles. The van der Waals surface area contributed by atoms with Crippen molar-refractivity contribution in [3.8, 4) is 6.07 Å². The largest absolute Gasteiger partial charge is 0.324 e. The number of aryl methyl sites for hydroxylation is 1. The van der Waals surface area contributed by atoms with E-state index in [4.69, 9.17) is 0 Å². The Morgan fingerprint density at radius 3 is 2.52 bits per heavy atom. The molecule has 0 saturated heterocycles. The summed E-state index contributed by atoms with van der Waals surface area (Å²) in [6.07, 6.45) is 0. The number of para-hydroxylation sites is 1. The van der Waals surface area contributed by atoms with E-state index in [1.165, 1.54) is 0 Å². The van der Waals surface area contributed by atoms with Crippen LogP contribution in [0.4, 0.5) is 16.3 Å². The van der Waals surface area contributed by atoms with Crippen LogP contribution in [0.25, 0.3) is 0 Å². The number of hydrogen-bond acceptors (Lipinski definition) is 3. The number of anilines is 2. The summed E-state index contributed by atoms with van der Waals surface area (Å²) in [6.45, 7) is 3.96. The molecule has 6 heteroatoms. The molecule has 0 fully saturated rings. The van der Waals surface area contributed by atoms with E-state index in [2.05, 4.69) is 21.8 Å². The van der Waals surface area contributed by atoms with Crippen LogP contribution in [0.15, 0.2) is 30.3 Å². The topological polar surface area (TPSA) is 82.7 Å². The molecular weight excluding hydrogens is 266 g/mol. The molecule has 6 nitrogen and oxygen atoms in total. The van der Waals surface area contributed by atoms with Crippen LogP contribution in [0, 0.1) is 11.3 Å². The number of hydrogen-bond donors (Lipinski definition) is 2. The zero-order chi connectivity index (χ0) is 15.4. The summed E-state index contributed by atoms with van der Waals surface area (Å²) in [5.41, 5.74) is 1.87. The monoisotopic (exact) mass is 283 g/mol. The van der Waals surface area contributed by atoms with Crippen molar-refractivity contribution in [3.05, 3.63) is 41.6 Å². The minimum atomic E-state index is -0.425. The Balaban J connectivity index is 2.19. The minimum Gasteiger partial charge on any atom is -0.308 e. The highest BCUT2D eigenvalue weighted by molar-refractivity contribution is 5.99. The highest BCUT2D eigenvalue weighted by Crippen LogP contribution is 2.24. The van der Waals surface area contributed by atoms with E-state index in [1.54, 1.807) is 23.9 Å². The van der Waals surface area contributed by atoms with Gasteiger partial charge >= 0.3 is 6.03 Å². The van der Waals surface area contributed by atoms with Gasteiger partial charge in [-0.2, -0.15) is 10.4 Å². The highest BCUT2D eigenvalue weighted by atomic mass is 16.2. The quantitative estimate of drug-likeness (QED) is 0.908. The highest BCUT2D eigenvalue weighted by Gasteiger charge is 2.19. The molecule has 0 aliphatic rings. The normalized spacial score (nSPS) is 10.2. The van der Waals surface area contributed by atoms with Crippen LogP contribution in [0.5, 0.6) is 0 Å². The molecule has 0 atom stereocenters. The predicted molar refractivity (Wildman–Crippen MR) is 81.1 cm³/mol. The van der Waals surface area contributed by atoms with Gasteiger partial charge in [0.25, 0.3) is 0 Å². The first-order chi connectivity index (χ1) is 10.0. The van der Waals surface area contributed by atoms with E-state index in [9.17, 15) is 10.1 Å². The third-order valence-electron chi connectivity index (χ3n) is 3.01. The first kappa shape index (κ1) is 14.6. The summed E-state index contributed by atoms with van der Waals surface area (Å²) in [5.74, 6) is 0.419. The van der Waals surface area contributed by atoms with E-state index < -0.39 is 6.03 Å². The van der Waals surface area contributed by atoms with Crippen molar-refractivity contribution in [3.63, 3.8) is 0 Å². The van der Waals surface area contributed by atoms with Gasteiger partial charge in [0.15, 0.2) is 5.82 Å². The van der Waals surface area contributed by atoms with E-state index in [1.807, 2.05) is 32.0 Å². The van der Waals surface area contributed by atoms with Crippen LogP contribution in [0.2, 0.25) is 0 Å². The van der Waals surface area contributed by atoms with E-state index in [-0.39, 0.29) is 11.7 Å². The van der Waals surface area contributed by atoms with Gasteiger partial charge in [0.05, 0.1) is 5.69 Å². The molecule has 0 saturated carbocycles. The third-order valence-corrected chi connectivity index (χ3v) is 3.01. The second-order valence-electron chi connectivity index (χ2n) is 4.94. The zero-order valence-electron chi connectivity index (χ0n) is 12.2. The van der Waals surface area contributed by atoms with Crippen LogP contribution >= 0.6 is 0 Å². The minimum absolute atomic E-state index is 0.143. The fourth-order valence-corrected chi connectivity index (χ4v) is 2.19. The van der Waals surface area contributed by atoms with Crippen LogP contribution < -0.4 is 10.6 Å². The van der Waals surface area contributed by atoms with Gasteiger partial charge < -0.3 is 5.32 Å². The average Bonchev–Trinajstić information content (AvgIpc) is 2.75. The van der Waals surface area contributed by atoms with Crippen molar-refractivity contribution in [1.29, 1.82) is 5.26 Å². The summed E-state index contributed by atoms with van der Waals surface area (Å²) >= 11 is 0. The van der Waals surface area contributed by atoms with Gasteiger partial charge in [-0.25, -0.2) is 4.79 Å². The van der Waals surface area contributed by atoms with Gasteiger partial charge in [-0.05, 0) is 18.1 Å². The molecule has 2 rings (SSSR count). The molecule has 0 spiro atoms. The number of rotatable bonds is 3. The summed E-state index contributed by atoms with van der Waals surface area (Å²) in [5, 5.41) is 18.8. The lowest BCUT2D eigenvalue weighted by Crippen LogP contribution is -2.20. The number of nitrogens with zero attached hydrogens (tertiary/aromatic N) is 3. The van der Waals surface area contributed by atoms with Crippen molar-refractivity contribution in [1.82, 2.24) is 9.78 Å². The smallest absolute Gasteiger partial charge is 0.308 e. The van der Waals surface area contributed by atoms with Crippen molar-refractivity contribution < 1.29 is 4.79 Å². The lowest BCUT2D eigenvalue weighted by Gasteiger charge is -2.06. The standard InChI is InChI=1S/C15H17N5O/c1-10(2)13-12(9-16)14(19-20(13)3)18-15(21)17-11-7-5-4-6-8-11/h4-8,10H,1-3H3,(H2,17,18,19,21). The molecule has 2 N–H and O–H groups in total. The van der Waals surface area contributed by atoms with Crippen LogP contribution in [-0.4, -0.2) is 15.8 Å². The third kappa shape index (κ3) is 3.20. The molecule has 0 aliphatic carbocycles. The molecule has 2 amide bonds. The van der Waals surface area contributed by atoms with Crippen molar-refractivity contribution in [2.75, 3.05) is 10.6 Å². The number of carbonyl (C=O) groups excluding carboxylic acids is 1. The molecule has 0 unspecified atom stereocenters. The first-order valence-electron chi connectivity index (χ1n) is 6.63. The SMILES string of the molecule is CC(C)c1c(C#N)c(NC(=O)Nc2ccccc2)nn1C. The second kappa shape index (κ2) is 6.09. The number of nitrogens with one attached hydrogen (secondary N) is 2. The number of urea groups is 1. The number of nitriles is 1. The predicted octanol–water partition coefficient (Wildman–Crippen LogP) is 3.06. The van der Waals surface area contributed by atoms with Crippen molar-refractivity contribution in [2.24, 2.45) is 7.05 Å². The maximum absolute atomic E-state index is 12.0. The molecular formula is C15H17N5O. The summed E-state index contributed by atoms with van der Waals surface area (Å²) in [6, 6.07) is 10.8. The average molecular weight is 283 g/mol.